The summed E-state index contributed by atoms with van der Waals surface area (Å²) in [7, 11) is 0. The molecular formula is C22H21F9N2O. The number of carbonyl (C=O) groups excluding carboxylic acids is 1. The van der Waals surface area contributed by atoms with Crippen LogP contribution in [-0.4, -0.2) is 24.2 Å². The maximum atomic E-state index is 14.9. The lowest BCUT2D eigenvalue weighted by Gasteiger charge is -2.36. The molecule has 0 aliphatic carbocycles. The van der Waals surface area contributed by atoms with Gasteiger partial charge in [0.25, 0.3) is 5.91 Å². The third-order valence-electron chi connectivity index (χ3n) is 5.31. The van der Waals surface area contributed by atoms with Crippen LogP contribution < -0.4 is 11.1 Å². The fraction of sp³-hybridized carbons (Fsp3) is 0.409. The Bertz CT molecular complexity index is 1040. The second kappa shape index (κ2) is 9.12. The number of nitrogens with one attached hydrogen (secondary N) is 1. The Labute approximate surface area is 189 Å². The summed E-state index contributed by atoms with van der Waals surface area (Å²) in [6, 6.07) is 6.14. The number of amides is 1. The standard InChI is InChI=1S/C22H21F9N2O/c1-4-13-10-16(19(23,21(26,27)28)20(24,25)22(29,30)31)9-11(2)17(13)33-18(34)15-7-5-14(6-8-15)12(3)32/h5-10,12H,4,32H2,1-3H3,(H,33,34). The first-order valence-corrected chi connectivity index (χ1v) is 9.89. The van der Waals surface area contributed by atoms with Crippen LogP contribution >= 0.6 is 0 Å². The van der Waals surface area contributed by atoms with E-state index in [1.54, 1.807) is 19.1 Å². The molecule has 2 rings (SSSR count). The van der Waals surface area contributed by atoms with Gasteiger partial charge in [0.1, 0.15) is 0 Å². The Morgan fingerprint density at radius 1 is 0.941 bits per heavy atom. The van der Waals surface area contributed by atoms with E-state index < -0.39 is 35.4 Å². The van der Waals surface area contributed by atoms with Gasteiger partial charge in [0, 0.05) is 22.9 Å². The molecule has 2 unspecified atom stereocenters. The highest BCUT2D eigenvalue weighted by atomic mass is 19.4. The second-order valence-electron chi connectivity index (χ2n) is 7.77. The maximum absolute atomic E-state index is 14.9. The molecule has 0 heterocycles. The second-order valence-corrected chi connectivity index (χ2v) is 7.77. The molecule has 0 aliphatic heterocycles. The van der Waals surface area contributed by atoms with Gasteiger partial charge in [0.15, 0.2) is 0 Å². The molecule has 0 aliphatic rings. The summed E-state index contributed by atoms with van der Waals surface area (Å²) in [6.45, 7) is 4.11. The molecule has 2 aromatic rings. The first-order valence-electron chi connectivity index (χ1n) is 9.89. The Balaban J connectivity index is 2.58. The lowest BCUT2D eigenvalue weighted by Crippen LogP contribution is -2.59. The topological polar surface area (TPSA) is 55.1 Å². The van der Waals surface area contributed by atoms with E-state index in [0.717, 1.165) is 6.92 Å². The van der Waals surface area contributed by atoms with Gasteiger partial charge in [-0.15, -0.1) is 0 Å². The normalized spacial score (nSPS) is 15.6. The zero-order valence-corrected chi connectivity index (χ0v) is 18.1. The minimum absolute atomic E-state index is 0.119. The lowest BCUT2D eigenvalue weighted by atomic mass is 9.85. The van der Waals surface area contributed by atoms with E-state index >= 15 is 0 Å². The zero-order valence-electron chi connectivity index (χ0n) is 18.1. The first kappa shape index (κ1) is 27.5. The van der Waals surface area contributed by atoms with Gasteiger partial charge in [-0.1, -0.05) is 25.1 Å². The molecule has 0 spiro atoms. The van der Waals surface area contributed by atoms with Gasteiger partial charge in [0.2, 0.25) is 0 Å². The molecular weight excluding hydrogens is 479 g/mol. The number of nitrogens with two attached hydrogens (primary N) is 1. The highest BCUT2D eigenvalue weighted by molar-refractivity contribution is 6.05. The van der Waals surface area contributed by atoms with Crippen LogP contribution in [-0.2, 0) is 12.1 Å². The van der Waals surface area contributed by atoms with Gasteiger partial charge in [0.05, 0.1) is 0 Å². The van der Waals surface area contributed by atoms with Crippen molar-refractivity contribution in [1.82, 2.24) is 0 Å². The number of aryl methyl sites for hydroxylation is 2. The molecule has 0 radical (unpaired) electrons. The van der Waals surface area contributed by atoms with E-state index in [4.69, 9.17) is 5.73 Å². The Kier molecular flexibility index (Phi) is 7.37. The van der Waals surface area contributed by atoms with E-state index in [0.29, 0.717) is 5.56 Å². The summed E-state index contributed by atoms with van der Waals surface area (Å²) in [5.41, 5.74) is -2.15. The number of halogens is 9. The third kappa shape index (κ3) is 4.73. The van der Waals surface area contributed by atoms with E-state index in [-0.39, 0.29) is 47.0 Å². The smallest absolute Gasteiger partial charge is 0.324 e. The summed E-state index contributed by atoms with van der Waals surface area (Å²) in [6.07, 6.45) is -13.6. The van der Waals surface area contributed by atoms with Crippen molar-refractivity contribution in [3.8, 4) is 0 Å². The molecule has 3 nitrogen and oxygen atoms in total. The molecule has 0 saturated heterocycles. The van der Waals surface area contributed by atoms with Crippen LogP contribution in [0.4, 0.5) is 45.2 Å². The van der Waals surface area contributed by atoms with Gasteiger partial charge in [-0.2, -0.15) is 35.1 Å². The molecule has 188 valence electrons. The van der Waals surface area contributed by atoms with Crippen LogP contribution in [0.5, 0.6) is 0 Å². The quantitative estimate of drug-likeness (QED) is 0.431. The predicted octanol–water partition coefficient (Wildman–Crippen LogP) is 6.75. The number of benzene rings is 2. The van der Waals surface area contributed by atoms with Crippen molar-refractivity contribution in [1.29, 1.82) is 0 Å². The highest BCUT2D eigenvalue weighted by Crippen LogP contribution is 2.58. The van der Waals surface area contributed by atoms with E-state index in [1.807, 2.05) is 0 Å². The summed E-state index contributed by atoms with van der Waals surface area (Å²) in [4.78, 5) is 12.6. The summed E-state index contributed by atoms with van der Waals surface area (Å²) >= 11 is 0. The van der Waals surface area contributed by atoms with E-state index in [9.17, 15) is 44.3 Å². The first-order chi connectivity index (χ1) is 15.4. The number of alkyl halides is 9. The molecule has 2 atom stereocenters. The molecule has 1 amide bonds. The van der Waals surface area contributed by atoms with Crippen molar-refractivity contribution in [3.05, 3.63) is 64.2 Å². The van der Waals surface area contributed by atoms with Crippen molar-refractivity contribution >= 4 is 11.6 Å². The Morgan fingerprint density at radius 3 is 1.88 bits per heavy atom. The van der Waals surface area contributed by atoms with Crippen molar-refractivity contribution in [3.63, 3.8) is 0 Å². The van der Waals surface area contributed by atoms with Gasteiger partial charge in [-0.05, 0) is 55.2 Å². The van der Waals surface area contributed by atoms with E-state index in [1.165, 1.54) is 19.1 Å². The number of hydrogen-bond donors (Lipinski definition) is 2. The average Bonchev–Trinajstić information content (AvgIpc) is 2.72. The van der Waals surface area contributed by atoms with Crippen LogP contribution in [0.3, 0.4) is 0 Å². The molecule has 0 fully saturated rings. The summed E-state index contributed by atoms with van der Waals surface area (Å²) in [5.74, 6) is -7.51. The van der Waals surface area contributed by atoms with Crippen molar-refractivity contribution in [2.24, 2.45) is 5.73 Å². The largest absolute Gasteiger partial charge is 0.457 e. The third-order valence-corrected chi connectivity index (χ3v) is 5.31. The summed E-state index contributed by atoms with van der Waals surface area (Å²) < 4.78 is 121. The van der Waals surface area contributed by atoms with Gasteiger partial charge < -0.3 is 11.1 Å². The number of hydrogen-bond acceptors (Lipinski definition) is 2. The molecule has 0 saturated carbocycles. The molecule has 34 heavy (non-hydrogen) atoms. The minimum Gasteiger partial charge on any atom is -0.324 e. The Morgan fingerprint density at radius 2 is 1.47 bits per heavy atom. The van der Waals surface area contributed by atoms with Crippen LogP contribution in [0.1, 0.15) is 52.5 Å². The molecule has 2 aromatic carbocycles. The molecule has 0 bridgehead atoms. The maximum Gasteiger partial charge on any atom is 0.457 e. The molecule has 12 heteroatoms. The van der Waals surface area contributed by atoms with Gasteiger partial charge in [-0.25, -0.2) is 4.39 Å². The SMILES string of the molecule is CCc1cc(C(F)(C(F)(F)F)C(F)(F)C(F)(F)F)cc(C)c1NC(=O)c1ccc(C(C)N)cc1. The van der Waals surface area contributed by atoms with Gasteiger partial charge in [-0.3, -0.25) is 4.79 Å². The lowest BCUT2D eigenvalue weighted by molar-refractivity contribution is -0.389. The molecule has 3 N–H and O–H groups in total. The predicted molar refractivity (Wildman–Crippen MR) is 107 cm³/mol. The van der Waals surface area contributed by atoms with E-state index in [2.05, 4.69) is 5.32 Å². The zero-order chi connectivity index (χ0) is 26.3. The van der Waals surface area contributed by atoms with Crippen LogP contribution in [0.25, 0.3) is 0 Å². The fourth-order valence-corrected chi connectivity index (χ4v) is 3.36. The number of anilines is 1. The fourth-order valence-electron chi connectivity index (χ4n) is 3.36. The minimum atomic E-state index is -6.82. The number of carbonyl (C=O) groups is 1. The van der Waals surface area contributed by atoms with Crippen molar-refractivity contribution < 1.29 is 44.3 Å². The van der Waals surface area contributed by atoms with Crippen LogP contribution in [0.15, 0.2) is 36.4 Å². The molecule has 0 aromatic heterocycles. The van der Waals surface area contributed by atoms with Crippen LogP contribution in [0, 0.1) is 6.92 Å². The monoisotopic (exact) mass is 500 g/mol. The summed E-state index contributed by atoms with van der Waals surface area (Å²) in [5, 5.41) is 2.40. The Hall–Kier alpha value is -2.76. The highest BCUT2D eigenvalue weighted by Gasteiger charge is 2.81. The van der Waals surface area contributed by atoms with Crippen molar-refractivity contribution in [2.75, 3.05) is 5.32 Å². The van der Waals surface area contributed by atoms with Crippen LogP contribution in [0.2, 0.25) is 0 Å². The van der Waals surface area contributed by atoms with Gasteiger partial charge >= 0.3 is 23.9 Å². The number of rotatable bonds is 6. The average molecular weight is 500 g/mol. The van der Waals surface area contributed by atoms with Crippen molar-refractivity contribution in [2.45, 2.75) is 57.2 Å².